The largest absolute Gasteiger partial charge is 0.494 e. The normalized spacial score (nSPS) is 11.5. The Hall–Kier alpha value is -3.35. The number of nitro groups is 1. The Morgan fingerprint density at radius 3 is 2.47 bits per heavy atom. The van der Waals surface area contributed by atoms with Gasteiger partial charge in [-0.15, -0.1) is 6.58 Å². The third kappa shape index (κ3) is 9.25. The van der Waals surface area contributed by atoms with Crippen LogP contribution in [0.4, 0.5) is 5.69 Å². The molecular formula is C27H35NO6. The Kier molecular flexibility index (Phi) is 11.7. The van der Waals surface area contributed by atoms with E-state index in [-0.39, 0.29) is 23.1 Å². The lowest BCUT2D eigenvalue weighted by molar-refractivity contribution is -0.386. The molecule has 34 heavy (non-hydrogen) atoms. The van der Waals surface area contributed by atoms with Crippen molar-refractivity contribution in [1.82, 2.24) is 0 Å². The molecule has 0 aliphatic heterocycles. The summed E-state index contributed by atoms with van der Waals surface area (Å²) >= 11 is 0. The zero-order chi connectivity index (χ0) is 24.8. The molecule has 0 spiro atoms. The zero-order valence-electron chi connectivity index (χ0n) is 20.2. The highest BCUT2D eigenvalue weighted by molar-refractivity contribution is 5.92. The summed E-state index contributed by atoms with van der Waals surface area (Å²) < 4.78 is 16.8. The zero-order valence-corrected chi connectivity index (χ0v) is 20.2. The lowest BCUT2D eigenvalue weighted by Crippen LogP contribution is -2.14. The number of allylic oxidation sites excluding steroid dienone is 1. The number of ether oxygens (including phenoxy) is 3. The molecule has 1 atom stereocenters. The SMILES string of the molecule is C=CCCCCOc1ccc(OC(=O)c2ccc(OC(C)CCCCCC)c([N+](=O)[O-])c2)cc1. The smallest absolute Gasteiger partial charge is 0.343 e. The first-order chi connectivity index (χ1) is 16.4. The second-order valence-electron chi connectivity index (χ2n) is 8.21. The first-order valence-corrected chi connectivity index (χ1v) is 12.0. The highest BCUT2D eigenvalue weighted by atomic mass is 16.6. The lowest BCUT2D eigenvalue weighted by Gasteiger charge is -2.15. The molecule has 0 heterocycles. The Morgan fingerprint density at radius 1 is 1.06 bits per heavy atom. The van der Waals surface area contributed by atoms with Crippen LogP contribution in [0.5, 0.6) is 17.2 Å². The summed E-state index contributed by atoms with van der Waals surface area (Å²) in [4.78, 5) is 23.6. The average molecular weight is 470 g/mol. The molecule has 0 aliphatic rings. The van der Waals surface area contributed by atoms with E-state index >= 15 is 0 Å². The minimum Gasteiger partial charge on any atom is -0.494 e. The van der Waals surface area contributed by atoms with Crippen molar-refractivity contribution in [3.63, 3.8) is 0 Å². The van der Waals surface area contributed by atoms with Gasteiger partial charge in [-0.05, 0) is 75.4 Å². The van der Waals surface area contributed by atoms with Crippen molar-refractivity contribution in [2.24, 2.45) is 0 Å². The van der Waals surface area contributed by atoms with Gasteiger partial charge in [0.1, 0.15) is 11.5 Å². The van der Waals surface area contributed by atoms with Crippen LogP contribution in [0.25, 0.3) is 0 Å². The molecule has 0 fully saturated rings. The van der Waals surface area contributed by atoms with Crippen LogP contribution >= 0.6 is 0 Å². The third-order valence-electron chi connectivity index (χ3n) is 5.29. The standard InChI is InChI=1S/C27H35NO6/c1-4-6-8-10-12-21(3)33-26-18-13-22(20-25(26)28(30)31)27(29)34-24-16-14-23(15-17-24)32-19-11-9-7-5-2/h5,13-18,20-21H,2,4,6-12,19H2,1,3H3. The molecule has 7 heteroatoms. The fraction of sp³-hybridized carbons (Fsp3) is 0.444. The molecule has 184 valence electrons. The summed E-state index contributed by atoms with van der Waals surface area (Å²) in [6.45, 7) is 8.33. The van der Waals surface area contributed by atoms with Gasteiger partial charge in [-0.3, -0.25) is 10.1 Å². The Morgan fingerprint density at radius 2 is 1.79 bits per heavy atom. The fourth-order valence-electron chi connectivity index (χ4n) is 3.37. The fourth-order valence-corrected chi connectivity index (χ4v) is 3.37. The topological polar surface area (TPSA) is 87.9 Å². The molecule has 0 aromatic heterocycles. The molecule has 0 saturated heterocycles. The van der Waals surface area contributed by atoms with Crippen LogP contribution in [0.3, 0.4) is 0 Å². The number of esters is 1. The van der Waals surface area contributed by atoms with Crippen molar-refractivity contribution in [3.8, 4) is 17.2 Å². The molecular weight excluding hydrogens is 434 g/mol. The maximum Gasteiger partial charge on any atom is 0.343 e. The van der Waals surface area contributed by atoms with E-state index in [0.29, 0.717) is 18.1 Å². The molecule has 2 rings (SSSR count). The van der Waals surface area contributed by atoms with Crippen LogP contribution in [-0.2, 0) is 0 Å². The van der Waals surface area contributed by atoms with Crippen molar-refractivity contribution in [2.45, 2.75) is 71.3 Å². The van der Waals surface area contributed by atoms with E-state index in [2.05, 4.69) is 13.5 Å². The molecule has 0 radical (unpaired) electrons. The van der Waals surface area contributed by atoms with Crippen LogP contribution in [0, 0.1) is 10.1 Å². The second-order valence-corrected chi connectivity index (χ2v) is 8.21. The van der Waals surface area contributed by atoms with Crippen molar-refractivity contribution < 1.29 is 23.9 Å². The van der Waals surface area contributed by atoms with E-state index in [0.717, 1.165) is 51.4 Å². The van der Waals surface area contributed by atoms with Gasteiger partial charge in [0, 0.05) is 6.07 Å². The van der Waals surface area contributed by atoms with E-state index in [1.807, 2.05) is 13.0 Å². The summed E-state index contributed by atoms with van der Waals surface area (Å²) in [6, 6.07) is 10.8. The van der Waals surface area contributed by atoms with Gasteiger partial charge in [0.25, 0.3) is 0 Å². The molecule has 0 saturated carbocycles. The number of hydrogen-bond acceptors (Lipinski definition) is 6. The molecule has 0 aliphatic carbocycles. The number of carbonyl (C=O) groups is 1. The summed E-state index contributed by atoms with van der Waals surface area (Å²) in [5.74, 6) is 0.478. The molecule has 1 unspecified atom stereocenters. The van der Waals surface area contributed by atoms with Gasteiger partial charge in [-0.1, -0.05) is 32.3 Å². The quantitative estimate of drug-likeness (QED) is 0.0640. The summed E-state index contributed by atoms with van der Waals surface area (Å²) in [7, 11) is 0. The average Bonchev–Trinajstić information content (AvgIpc) is 2.83. The maximum atomic E-state index is 12.6. The number of rotatable bonds is 16. The number of nitro benzene ring substituents is 1. The maximum absolute atomic E-state index is 12.6. The monoisotopic (exact) mass is 469 g/mol. The molecule has 0 bridgehead atoms. The molecule has 2 aromatic rings. The van der Waals surface area contributed by atoms with Crippen LogP contribution in [0.1, 0.15) is 75.6 Å². The van der Waals surface area contributed by atoms with E-state index in [9.17, 15) is 14.9 Å². The minimum atomic E-state index is -0.680. The van der Waals surface area contributed by atoms with Crippen LogP contribution in [-0.4, -0.2) is 23.6 Å². The summed E-state index contributed by atoms with van der Waals surface area (Å²) in [5.41, 5.74) is -0.174. The summed E-state index contributed by atoms with van der Waals surface area (Å²) in [5, 5.41) is 11.6. The Labute approximate surface area is 201 Å². The third-order valence-corrected chi connectivity index (χ3v) is 5.29. The molecule has 2 aromatic carbocycles. The predicted molar refractivity (Wildman–Crippen MR) is 133 cm³/mol. The second kappa shape index (κ2) is 14.7. The number of hydrogen-bond donors (Lipinski definition) is 0. The number of unbranched alkanes of at least 4 members (excludes halogenated alkanes) is 5. The Balaban J connectivity index is 1.95. The minimum absolute atomic E-state index is 0.0807. The Bertz CT molecular complexity index is 925. The number of carbonyl (C=O) groups excluding carboxylic acids is 1. The lowest BCUT2D eigenvalue weighted by atomic mass is 10.1. The van der Waals surface area contributed by atoms with Gasteiger partial charge in [0.15, 0.2) is 5.75 Å². The van der Waals surface area contributed by atoms with Crippen LogP contribution < -0.4 is 14.2 Å². The van der Waals surface area contributed by atoms with Crippen LogP contribution in [0.15, 0.2) is 55.1 Å². The van der Waals surface area contributed by atoms with E-state index < -0.39 is 10.9 Å². The number of benzene rings is 2. The van der Waals surface area contributed by atoms with Crippen LogP contribution in [0.2, 0.25) is 0 Å². The van der Waals surface area contributed by atoms with E-state index in [1.54, 1.807) is 24.3 Å². The predicted octanol–water partition coefficient (Wildman–Crippen LogP) is 7.29. The highest BCUT2D eigenvalue weighted by Crippen LogP contribution is 2.30. The van der Waals surface area contributed by atoms with Gasteiger partial charge in [0.05, 0.1) is 23.2 Å². The highest BCUT2D eigenvalue weighted by Gasteiger charge is 2.21. The van der Waals surface area contributed by atoms with Crippen molar-refractivity contribution in [2.75, 3.05) is 6.61 Å². The van der Waals surface area contributed by atoms with E-state index in [1.165, 1.54) is 18.2 Å². The van der Waals surface area contributed by atoms with Crippen molar-refractivity contribution in [3.05, 3.63) is 70.8 Å². The summed E-state index contributed by atoms with van der Waals surface area (Å²) in [6.07, 6.45) is 9.88. The first kappa shape index (κ1) is 26.9. The van der Waals surface area contributed by atoms with Crippen molar-refractivity contribution in [1.29, 1.82) is 0 Å². The molecule has 0 amide bonds. The van der Waals surface area contributed by atoms with E-state index in [4.69, 9.17) is 14.2 Å². The van der Waals surface area contributed by atoms with Gasteiger partial charge >= 0.3 is 11.7 Å². The van der Waals surface area contributed by atoms with Gasteiger partial charge in [-0.2, -0.15) is 0 Å². The van der Waals surface area contributed by atoms with Gasteiger partial charge in [0.2, 0.25) is 0 Å². The van der Waals surface area contributed by atoms with Crippen molar-refractivity contribution >= 4 is 11.7 Å². The first-order valence-electron chi connectivity index (χ1n) is 12.0. The molecule has 0 N–H and O–H groups in total. The van der Waals surface area contributed by atoms with Gasteiger partial charge < -0.3 is 14.2 Å². The van der Waals surface area contributed by atoms with Gasteiger partial charge in [-0.25, -0.2) is 4.79 Å². The number of nitrogens with zero attached hydrogens (tertiary/aromatic N) is 1. The molecule has 7 nitrogen and oxygen atoms in total.